The van der Waals surface area contributed by atoms with Crippen LogP contribution in [0.2, 0.25) is 0 Å². The molecule has 0 heterocycles. The summed E-state index contributed by atoms with van der Waals surface area (Å²) in [6.45, 7) is 5.19. The molecule has 1 nitrogen and oxygen atoms in total. The van der Waals surface area contributed by atoms with E-state index in [-0.39, 0.29) is 88.0 Å². The molecular formula is C4H8BrClMg2O. The molecule has 0 amide bonds. The smallest absolute Gasteiger partial charge is 1.00 e. The van der Waals surface area contributed by atoms with Gasteiger partial charge in [0.2, 0.25) is 0 Å². The minimum atomic E-state index is -0.0556. The topological polar surface area (TPSA) is 23.1 Å². The third-order valence-corrected chi connectivity index (χ3v) is 0.285. The Morgan fingerprint density at radius 2 is 1.56 bits per heavy atom. The van der Waals surface area contributed by atoms with E-state index in [1.807, 2.05) is 0 Å². The summed E-state index contributed by atoms with van der Waals surface area (Å²) in [5, 5.41) is 9.57. The van der Waals surface area contributed by atoms with Crippen LogP contribution < -0.4 is 34.5 Å². The van der Waals surface area contributed by atoms with Gasteiger partial charge >= 0.3 is 46.1 Å². The SMILES string of the molecule is [Br-].[CH2-][C@H](C)C[O-].[Cl-].[Mg+2].[Mg+2]. The molecule has 0 unspecified atom stereocenters. The molecule has 0 aromatic rings. The van der Waals surface area contributed by atoms with E-state index in [1.165, 1.54) is 0 Å². The van der Waals surface area contributed by atoms with E-state index < -0.39 is 0 Å². The van der Waals surface area contributed by atoms with E-state index in [0.29, 0.717) is 0 Å². The fourth-order valence-corrected chi connectivity index (χ4v) is 0. The van der Waals surface area contributed by atoms with E-state index in [4.69, 9.17) is 0 Å². The van der Waals surface area contributed by atoms with Crippen LogP contribution >= 0.6 is 0 Å². The average Bonchev–Trinajstić information content (AvgIpc) is 1.38. The molecule has 0 aliphatic carbocycles. The molecule has 0 radical (unpaired) electrons. The van der Waals surface area contributed by atoms with Crippen LogP contribution in [-0.2, 0) is 0 Å². The van der Waals surface area contributed by atoms with Crippen LogP contribution in [0.25, 0.3) is 0 Å². The van der Waals surface area contributed by atoms with Crippen molar-refractivity contribution < 1.29 is 34.5 Å². The number of halogens is 2. The first-order valence-electron chi connectivity index (χ1n) is 1.68. The third-order valence-electron chi connectivity index (χ3n) is 0.285. The average molecular weight is 236 g/mol. The Hall–Kier alpha value is 2.26. The molecule has 0 saturated heterocycles. The summed E-state index contributed by atoms with van der Waals surface area (Å²) in [6, 6.07) is 0. The van der Waals surface area contributed by atoms with Gasteiger partial charge in [-0.25, -0.2) is 0 Å². The number of hydrogen-bond donors (Lipinski definition) is 0. The fraction of sp³-hybridized carbons (Fsp3) is 0.750. The van der Waals surface area contributed by atoms with Gasteiger partial charge in [-0.05, 0) is 0 Å². The van der Waals surface area contributed by atoms with Crippen molar-refractivity contribution in [3.8, 4) is 0 Å². The summed E-state index contributed by atoms with van der Waals surface area (Å²) in [6.07, 6.45) is 0. The Bertz CT molecular complexity index is 32.5. The zero-order valence-corrected chi connectivity index (χ0v) is 10.7. The van der Waals surface area contributed by atoms with E-state index in [0.717, 1.165) is 0 Å². The second-order valence-electron chi connectivity index (χ2n) is 1.27. The Labute approximate surface area is 106 Å². The van der Waals surface area contributed by atoms with Crippen LogP contribution in [0.1, 0.15) is 6.92 Å². The monoisotopic (exact) mass is 234 g/mol. The Balaban J connectivity index is -0.0000000133. The molecule has 0 saturated carbocycles. The van der Waals surface area contributed by atoms with Gasteiger partial charge in [0.05, 0.1) is 0 Å². The second-order valence-corrected chi connectivity index (χ2v) is 1.27. The second kappa shape index (κ2) is 22.4. The van der Waals surface area contributed by atoms with Crippen LogP contribution in [0.4, 0.5) is 0 Å². The van der Waals surface area contributed by atoms with E-state index in [2.05, 4.69) is 6.92 Å². The largest absolute Gasteiger partial charge is 2.00 e. The van der Waals surface area contributed by atoms with Crippen LogP contribution in [0.5, 0.6) is 0 Å². The summed E-state index contributed by atoms with van der Waals surface area (Å²) in [7, 11) is 0. The summed E-state index contributed by atoms with van der Waals surface area (Å²) < 4.78 is 0. The maximum Gasteiger partial charge on any atom is 2.00 e. The van der Waals surface area contributed by atoms with Crippen molar-refractivity contribution in [3.63, 3.8) is 0 Å². The van der Waals surface area contributed by atoms with E-state index in [9.17, 15) is 5.11 Å². The first-order chi connectivity index (χ1) is 2.27. The normalized spacial score (nSPS) is 8.33. The van der Waals surface area contributed by atoms with Crippen molar-refractivity contribution in [2.45, 2.75) is 6.92 Å². The molecule has 1 atom stereocenters. The van der Waals surface area contributed by atoms with Crippen LogP contribution in [0.3, 0.4) is 0 Å². The predicted molar refractivity (Wildman–Crippen MR) is 30.9 cm³/mol. The molecule has 0 N–H and O–H groups in total. The maximum atomic E-state index is 9.57. The summed E-state index contributed by atoms with van der Waals surface area (Å²) in [5.41, 5.74) is 0. The molecule has 0 rings (SSSR count). The fourth-order valence-electron chi connectivity index (χ4n) is 0. The molecule has 0 fully saturated rings. The molecule has 0 bridgehead atoms. The maximum absolute atomic E-state index is 9.57. The minimum Gasteiger partial charge on any atom is -1.00 e. The Morgan fingerprint density at radius 1 is 1.44 bits per heavy atom. The first-order valence-corrected chi connectivity index (χ1v) is 1.68. The van der Waals surface area contributed by atoms with Crippen molar-refractivity contribution in [2.75, 3.05) is 6.61 Å². The van der Waals surface area contributed by atoms with Crippen molar-refractivity contribution in [1.82, 2.24) is 0 Å². The van der Waals surface area contributed by atoms with Gasteiger partial charge in [-0.3, -0.25) is 0 Å². The molecule has 0 aromatic heterocycles. The first kappa shape index (κ1) is 30.2. The summed E-state index contributed by atoms with van der Waals surface area (Å²) >= 11 is 0. The standard InChI is InChI=1S/C4H8O.BrH.ClH.2Mg/c1-4(2)3-5;;;;/h4H,1,3H2,2H3;2*1H;;/q-2;;;2*+2/p-2/t4-;;;;/m1..../s1. The molecule has 5 heteroatoms. The molecule has 48 valence electrons. The van der Waals surface area contributed by atoms with Gasteiger partial charge in [-0.15, -0.1) is 0 Å². The van der Waals surface area contributed by atoms with Crippen molar-refractivity contribution in [3.05, 3.63) is 6.92 Å². The molecule has 0 spiro atoms. The number of rotatable bonds is 1. The van der Waals surface area contributed by atoms with Crippen LogP contribution in [-0.4, -0.2) is 52.7 Å². The van der Waals surface area contributed by atoms with E-state index >= 15 is 0 Å². The van der Waals surface area contributed by atoms with Gasteiger partial charge < -0.3 is 41.4 Å². The quantitative estimate of drug-likeness (QED) is 0.328. The van der Waals surface area contributed by atoms with Gasteiger partial charge in [0.1, 0.15) is 0 Å². The molecule has 9 heavy (non-hydrogen) atoms. The van der Waals surface area contributed by atoms with Crippen molar-refractivity contribution in [1.29, 1.82) is 0 Å². The predicted octanol–water partition coefficient (Wildman–Crippen LogP) is -6.94. The van der Waals surface area contributed by atoms with Crippen molar-refractivity contribution >= 4 is 46.1 Å². The van der Waals surface area contributed by atoms with Gasteiger partial charge in [-0.2, -0.15) is 12.5 Å². The third kappa shape index (κ3) is 38.6. The molecular weight excluding hydrogens is 228 g/mol. The number of hydrogen-bond acceptors (Lipinski definition) is 1. The van der Waals surface area contributed by atoms with E-state index in [1.54, 1.807) is 6.92 Å². The zero-order chi connectivity index (χ0) is 4.28. The van der Waals surface area contributed by atoms with Gasteiger partial charge in [0.25, 0.3) is 0 Å². The Morgan fingerprint density at radius 3 is 1.56 bits per heavy atom. The zero-order valence-electron chi connectivity index (χ0n) is 5.57. The van der Waals surface area contributed by atoms with Crippen LogP contribution in [0.15, 0.2) is 0 Å². The van der Waals surface area contributed by atoms with Crippen LogP contribution in [0, 0.1) is 12.8 Å². The van der Waals surface area contributed by atoms with Gasteiger partial charge in [0, 0.05) is 0 Å². The van der Waals surface area contributed by atoms with Gasteiger partial charge in [-0.1, -0.05) is 6.92 Å². The Kier molecular flexibility index (Phi) is 75.4. The molecule has 0 aliphatic heterocycles. The van der Waals surface area contributed by atoms with Crippen molar-refractivity contribution in [2.24, 2.45) is 5.92 Å². The summed E-state index contributed by atoms with van der Waals surface area (Å²) in [5.74, 6) is 0.0787. The minimum absolute atomic E-state index is 0. The molecule has 0 aliphatic rings. The van der Waals surface area contributed by atoms with Gasteiger partial charge in [0.15, 0.2) is 0 Å². The molecule has 0 aromatic carbocycles. The summed E-state index contributed by atoms with van der Waals surface area (Å²) in [4.78, 5) is 0.